The Morgan fingerprint density at radius 1 is 1.21 bits per heavy atom. The number of fused-ring (bicyclic) bond motifs is 1. The van der Waals surface area contributed by atoms with Gasteiger partial charge in [-0.2, -0.15) is 0 Å². The maximum absolute atomic E-state index is 5.59. The standard InChI is InChI=1S/C16H23N3/c17-9-3-4-13-7-10-19(11-8-13)16-12-14-5-1-2-6-15(14)18-16/h1-2,5-6,12-13,18H,3-4,7-11,17H2. The molecule has 1 aliphatic rings. The third kappa shape index (κ3) is 2.76. The minimum Gasteiger partial charge on any atom is -0.358 e. The number of piperidine rings is 1. The lowest BCUT2D eigenvalue weighted by atomic mass is 9.92. The average molecular weight is 257 g/mol. The minimum atomic E-state index is 0.836. The summed E-state index contributed by atoms with van der Waals surface area (Å²) in [5.74, 6) is 2.16. The number of aromatic nitrogens is 1. The van der Waals surface area contributed by atoms with Gasteiger partial charge in [0.1, 0.15) is 5.82 Å². The van der Waals surface area contributed by atoms with Crippen LogP contribution in [-0.2, 0) is 0 Å². The Bertz CT molecular complexity index is 491. The van der Waals surface area contributed by atoms with Crippen molar-refractivity contribution in [1.29, 1.82) is 0 Å². The molecule has 1 aliphatic heterocycles. The van der Waals surface area contributed by atoms with Gasteiger partial charge in [0.2, 0.25) is 0 Å². The van der Waals surface area contributed by atoms with Crippen molar-refractivity contribution in [2.45, 2.75) is 25.7 Å². The summed E-state index contributed by atoms with van der Waals surface area (Å²) in [5, 5.41) is 1.31. The number of hydrogen-bond acceptors (Lipinski definition) is 2. The Morgan fingerprint density at radius 2 is 2.00 bits per heavy atom. The van der Waals surface area contributed by atoms with Crippen molar-refractivity contribution in [3.05, 3.63) is 30.3 Å². The molecule has 0 saturated carbocycles. The summed E-state index contributed by atoms with van der Waals surface area (Å²) in [6.07, 6.45) is 5.08. The van der Waals surface area contributed by atoms with Gasteiger partial charge in [0, 0.05) is 24.0 Å². The van der Waals surface area contributed by atoms with Crippen molar-refractivity contribution in [2.75, 3.05) is 24.5 Å². The molecule has 0 aliphatic carbocycles. The fourth-order valence-corrected chi connectivity index (χ4v) is 3.10. The third-order valence-corrected chi connectivity index (χ3v) is 4.29. The van der Waals surface area contributed by atoms with Gasteiger partial charge >= 0.3 is 0 Å². The Morgan fingerprint density at radius 3 is 2.74 bits per heavy atom. The van der Waals surface area contributed by atoms with Gasteiger partial charge in [0.15, 0.2) is 0 Å². The van der Waals surface area contributed by atoms with Crippen LogP contribution in [0.25, 0.3) is 10.9 Å². The predicted octanol–water partition coefficient (Wildman–Crippen LogP) is 3.12. The molecule has 19 heavy (non-hydrogen) atoms. The summed E-state index contributed by atoms with van der Waals surface area (Å²) in [6.45, 7) is 3.17. The highest BCUT2D eigenvalue weighted by Gasteiger charge is 2.19. The first-order valence-corrected chi connectivity index (χ1v) is 7.39. The van der Waals surface area contributed by atoms with E-state index in [0.29, 0.717) is 0 Å². The average Bonchev–Trinajstić information content (AvgIpc) is 2.89. The van der Waals surface area contributed by atoms with Crippen LogP contribution in [0.15, 0.2) is 30.3 Å². The van der Waals surface area contributed by atoms with Gasteiger partial charge in [-0.05, 0) is 50.3 Å². The largest absolute Gasteiger partial charge is 0.358 e. The first kappa shape index (κ1) is 12.5. The van der Waals surface area contributed by atoms with E-state index in [1.54, 1.807) is 0 Å². The number of nitrogens with two attached hydrogens (primary N) is 1. The Kier molecular flexibility index (Phi) is 3.74. The summed E-state index contributed by atoms with van der Waals surface area (Å²) in [4.78, 5) is 6.01. The van der Waals surface area contributed by atoms with Gasteiger partial charge < -0.3 is 15.6 Å². The smallest absolute Gasteiger partial charge is 0.106 e. The lowest BCUT2D eigenvalue weighted by molar-refractivity contribution is 0.374. The molecule has 0 spiro atoms. The summed E-state index contributed by atoms with van der Waals surface area (Å²) >= 11 is 0. The molecule has 0 radical (unpaired) electrons. The zero-order valence-corrected chi connectivity index (χ0v) is 11.4. The van der Waals surface area contributed by atoms with E-state index in [1.807, 2.05) is 0 Å². The van der Waals surface area contributed by atoms with E-state index in [4.69, 9.17) is 5.73 Å². The molecule has 1 aromatic carbocycles. The second-order valence-corrected chi connectivity index (χ2v) is 5.60. The number of anilines is 1. The topological polar surface area (TPSA) is 45.0 Å². The first-order chi connectivity index (χ1) is 9.36. The van der Waals surface area contributed by atoms with Crippen LogP contribution in [0.3, 0.4) is 0 Å². The lowest BCUT2D eigenvalue weighted by Crippen LogP contribution is -2.34. The molecule has 3 heteroatoms. The Hall–Kier alpha value is -1.48. The van der Waals surface area contributed by atoms with E-state index in [0.717, 1.165) is 12.5 Å². The van der Waals surface area contributed by atoms with Crippen molar-refractivity contribution < 1.29 is 0 Å². The summed E-state index contributed by atoms with van der Waals surface area (Å²) < 4.78 is 0. The number of hydrogen-bond donors (Lipinski definition) is 2. The van der Waals surface area contributed by atoms with E-state index in [1.165, 1.54) is 55.5 Å². The van der Waals surface area contributed by atoms with Crippen LogP contribution in [0.2, 0.25) is 0 Å². The fraction of sp³-hybridized carbons (Fsp3) is 0.500. The normalized spacial score (nSPS) is 17.2. The number of aromatic amines is 1. The van der Waals surface area contributed by atoms with Crippen molar-refractivity contribution in [3.63, 3.8) is 0 Å². The van der Waals surface area contributed by atoms with E-state index in [-0.39, 0.29) is 0 Å². The van der Waals surface area contributed by atoms with Gasteiger partial charge in [-0.1, -0.05) is 18.2 Å². The van der Waals surface area contributed by atoms with Crippen LogP contribution < -0.4 is 10.6 Å². The molecule has 0 bridgehead atoms. The molecule has 0 amide bonds. The van der Waals surface area contributed by atoms with Gasteiger partial charge in [-0.3, -0.25) is 0 Å². The summed E-state index contributed by atoms with van der Waals surface area (Å²) in [6, 6.07) is 10.8. The molecule has 3 N–H and O–H groups in total. The number of nitrogens with one attached hydrogen (secondary N) is 1. The minimum absolute atomic E-state index is 0.836. The maximum Gasteiger partial charge on any atom is 0.106 e. The molecule has 1 saturated heterocycles. The summed E-state index contributed by atoms with van der Waals surface area (Å²) in [5.41, 5.74) is 6.83. The van der Waals surface area contributed by atoms with E-state index in [9.17, 15) is 0 Å². The second kappa shape index (κ2) is 5.66. The third-order valence-electron chi connectivity index (χ3n) is 4.29. The van der Waals surface area contributed by atoms with E-state index < -0.39 is 0 Å². The van der Waals surface area contributed by atoms with Crippen LogP contribution in [0.5, 0.6) is 0 Å². The van der Waals surface area contributed by atoms with Gasteiger partial charge in [-0.25, -0.2) is 0 Å². The molecule has 3 nitrogen and oxygen atoms in total. The van der Waals surface area contributed by atoms with Crippen LogP contribution in [0.4, 0.5) is 5.82 Å². The number of benzene rings is 1. The molecule has 1 fully saturated rings. The molecular weight excluding hydrogens is 234 g/mol. The van der Waals surface area contributed by atoms with Crippen LogP contribution in [-0.4, -0.2) is 24.6 Å². The quantitative estimate of drug-likeness (QED) is 0.884. The zero-order valence-electron chi connectivity index (χ0n) is 11.4. The SMILES string of the molecule is NCCCC1CCN(c2cc3ccccc3[nH]2)CC1. The van der Waals surface area contributed by atoms with Gasteiger partial charge in [0.25, 0.3) is 0 Å². The van der Waals surface area contributed by atoms with Crippen molar-refractivity contribution in [3.8, 4) is 0 Å². The number of rotatable bonds is 4. The van der Waals surface area contributed by atoms with E-state index in [2.05, 4.69) is 40.2 Å². The maximum atomic E-state index is 5.59. The molecule has 0 atom stereocenters. The van der Waals surface area contributed by atoms with Crippen LogP contribution in [0, 0.1) is 5.92 Å². The zero-order chi connectivity index (χ0) is 13.1. The highest BCUT2D eigenvalue weighted by atomic mass is 15.2. The van der Waals surface area contributed by atoms with Gasteiger partial charge in [0.05, 0.1) is 0 Å². The highest BCUT2D eigenvalue weighted by Crippen LogP contribution is 2.27. The van der Waals surface area contributed by atoms with Crippen molar-refractivity contribution in [2.24, 2.45) is 11.7 Å². The molecule has 2 heterocycles. The second-order valence-electron chi connectivity index (χ2n) is 5.60. The number of para-hydroxylation sites is 1. The first-order valence-electron chi connectivity index (χ1n) is 7.39. The van der Waals surface area contributed by atoms with Gasteiger partial charge in [-0.15, -0.1) is 0 Å². The van der Waals surface area contributed by atoms with Crippen LogP contribution >= 0.6 is 0 Å². The predicted molar refractivity (Wildman–Crippen MR) is 81.5 cm³/mol. The van der Waals surface area contributed by atoms with Crippen molar-refractivity contribution >= 4 is 16.7 Å². The molecule has 0 unspecified atom stereocenters. The molecule has 102 valence electrons. The Balaban J connectivity index is 1.64. The molecular formula is C16H23N3. The van der Waals surface area contributed by atoms with E-state index >= 15 is 0 Å². The molecule has 1 aromatic heterocycles. The van der Waals surface area contributed by atoms with Crippen molar-refractivity contribution in [1.82, 2.24) is 4.98 Å². The monoisotopic (exact) mass is 257 g/mol. The summed E-state index contributed by atoms with van der Waals surface area (Å²) in [7, 11) is 0. The fourth-order valence-electron chi connectivity index (χ4n) is 3.10. The lowest BCUT2D eigenvalue weighted by Gasteiger charge is -2.32. The highest BCUT2D eigenvalue weighted by molar-refractivity contribution is 5.83. The molecule has 3 rings (SSSR count). The number of nitrogens with zero attached hydrogens (tertiary/aromatic N) is 1. The Labute approximate surface area is 114 Å². The van der Waals surface area contributed by atoms with Crippen LogP contribution in [0.1, 0.15) is 25.7 Å². The molecule has 2 aromatic rings. The number of H-pyrrole nitrogens is 1.